The summed E-state index contributed by atoms with van der Waals surface area (Å²) < 4.78 is 5.22. The Morgan fingerprint density at radius 2 is 2.00 bits per heavy atom. The highest BCUT2D eigenvalue weighted by Gasteiger charge is 2.11. The van der Waals surface area contributed by atoms with Gasteiger partial charge in [0.05, 0.1) is 7.11 Å². The number of fused-ring (bicyclic) bond motifs is 2. The van der Waals surface area contributed by atoms with E-state index in [9.17, 15) is 4.79 Å². The fraction of sp³-hybridized carbons (Fsp3) is 0.143. The minimum atomic E-state index is -0.151. The number of benzene rings is 2. The zero-order chi connectivity index (χ0) is 19.7. The van der Waals surface area contributed by atoms with Crippen molar-refractivity contribution in [2.75, 3.05) is 13.7 Å². The smallest absolute Gasteiger partial charge is 0.267 e. The summed E-state index contributed by atoms with van der Waals surface area (Å²) in [5.74, 6) is 0.637. The number of ether oxygens (including phenoxy) is 1. The molecule has 0 fully saturated rings. The normalized spacial score (nSPS) is 11.0. The highest BCUT2D eigenvalue weighted by Crippen LogP contribution is 2.22. The number of amidine groups is 1. The predicted octanol–water partition coefficient (Wildman–Crippen LogP) is 2.91. The van der Waals surface area contributed by atoms with E-state index in [1.807, 2.05) is 42.5 Å². The predicted molar refractivity (Wildman–Crippen MR) is 110 cm³/mol. The van der Waals surface area contributed by atoms with Crippen LogP contribution in [0.4, 0.5) is 0 Å². The van der Waals surface area contributed by atoms with E-state index >= 15 is 0 Å². The first-order valence-electron chi connectivity index (χ1n) is 8.94. The average molecular weight is 375 g/mol. The van der Waals surface area contributed by atoms with Gasteiger partial charge in [-0.1, -0.05) is 6.07 Å². The van der Waals surface area contributed by atoms with Crippen molar-refractivity contribution in [2.24, 2.45) is 5.73 Å². The van der Waals surface area contributed by atoms with Crippen molar-refractivity contribution in [3.8, 4) is 5.75 Å². The Hall–Kier alpha value is -3.74. The van der Waals surface area contributed by atoms with Gasteiger partial charge in [0, 0.05) is 40.1 Å². The number of carbonyl (C=O) groups excluding carboxylic acids is 1. The Bertz CT molecular complexity index is 1190. The number of nitrogen functional groups attached to an aromatic ring is 1. The molecule has 2 aromatic carbocycles. The molecule has 4 rings (SSSR count). The molecule has 0 aliphatic carbocycles. The Kier molecular flexibility index (Phi) is 4.49. The number of carbonyl (C=O) groups is 1. The molecule has 0 aliphatic rings. The molecule has 4 aromatic rings. The molecule has 6 N–H and O–H groups in total. The molecule has 7 heteroatoms. The number of aromatic amines is 2. The second kappa shape index (κ2) is 7.11. The number of rotatable bonds is 6. The van der Waals surface area contributed by atoms with Crippen LogP contribution in [0.3, 0.4) is 0 Å². The molecule has 0 saturated carbocycles. The van der Waals surface area contributed by atoms with Crippen LogP contribution in [0.5, 0.6) is 5.75 Å². The summed E-state index contributed by atoms with van der Waals surface area (Å²) in [6.07, 6.45) is 2.42. The van der Waals surface area contributed by atoms with Gasteiger partial charge in [0.1, 0.15) is 17.3 Å². The van der Waals surface area contributed by atoms with Gasteiger partial charge in [0.25, 0.3) is 5.91 Å². The molecule has 0 spiro atoms. The quantitative estimate of drug-likeness (QED) is 0.263. The van der Waals surface area contributed by atoms with Gasteiger partial charge < -0.3 is 25.8 Å². The largest absolute Gasteiger partial charge is 0.497 e. The summed E-state index contributed by atoms with van der Waals surface area (Å²) in [7, 11) is 1.62. The molecule has 1 amide bonds. The maximum absolute atomic E-state index is 12.5. The summed E-state index contributed by atoms with van der Waals surface area (Å²) in [4.78, 5) is 18.7. The van der Waals surface area contributed by atoms with Crippen molar-refractivity contribution in [2.45, 2.75) is 6.42 Å². The minimum absolute atomic E-state index is 0.0344. The molecule has 2 heterocycles. The number of nitrogens with two attached hydrogens (primary N) is 1. The summed E-state index contributed by atoms with van der Waals surface area (Å²) in [6, 6.07) is 13.4. The summed E-state index contributed by atoms with van der Waals surface area (Å²) >= 11 is 0. The molecule has 2 aromatic heterocycles. The Balaban J connectivity index is 1.43. The first-order valence-corrected chi connectivity index (χ1v) is 8.94. The van der Waals surface area contributed by atoms with E-state index in [0.29, 0.717) is 24.2 Å². The highest BCUT2D eigenvalue weighted by molar-refractivity contribution is 6.07. The van der Waals surface area contributed by atoms with Crippen molar-refractivity contribution < 1.29 is 9.53 Å². The van der Waals surface area contributed by atoms with Crippen molar-refractivity contribution in [3.63, 3.8) is 0 Å². The van der Waals surface area contributed by atoms with E-state index in [1.165, 1.54) is 0 Å². The minimum Gasteiger partial charge on any atom is -0.497 e. The van der Waals surface area contributed by atoms with Gasteiger partial charge >= 0.3 is 0 Å². The van der Waals surface area contributed by atoms with Crippen molar-refractivity contribution >= 4 is 33.5 Å². The lowest BCUT2D eigenvalue weighted by Gasteiger charge is -2.05. The molecule has 28 heavy (non-hydrogen) atoms. The van der Waals surface area contributed by atoms with Crippen LogP contribution in [0.15, 0.2) is 48.7 Å². The maximum atomic E-state index is 12.5. The molecule has 0 saturated heterocycles. The van der Waals surface area contributed by atoms with Gasteiger partial charge in [0.2, 0.25) is 0 Å². The first-order chi connectivity index (χ1) is 13.5. The molecule has 0 aliphatic heterocycles. The second-order valence-electron chi connectivity index (χ2n) is 6.64. The molecule has 7 nitrogen and oxygen atoms in total. The summed E-state index contributed by atoms with van der Waals surface area (Å²) in [5, 5.41) is 12.4. The van der Waals surface area contributed by atoms with E-state index < -0.39 is 0 Å². The Labute approximate surface area is 161 Å². The van der Waals surface area contributed by atoms with Crippen LogP contribution in [0.25, 0.3) is 21.8 Å². The van der Waals surface area contributed by atoms with Gasteiger partial charge in [-0.3, -0.25) is 10.2 Å². The van der Waals surface area contributed by atoms with Crippen molar-refractivity contribution in [3.05, 3.63) is 65.5 Å². The van der Waals surface area contributed by atoms with Crippen LogP contribution in [0.2, 0.25) is 0 Å². The molecule has 142 valence electrons. The van der Waals surface area contributed by atoms with Crippen LogP contribution in [0, 0.1) is 5.41 Å². The van der Waals surface area contributed by atoms with E-state index in [4.69, 9.17) is 15.9 Å². The lowest BCUT2D eigenvalue weighted by atomic mass is 10.1. The number of nitrogens with one attached hydrogen (secondary N) is 4. The third-order valence-corrected chi connectivity index (χ3v) is 4.81. The highest BCUT2D eigenvalue weighted by atomic mass is 16.5. The molecular weight excluding hydrogens is 354 g/mol. The third-order valence-electron chi connectivity index (χ3n) is 4.81. The van der Waals surface area contributed by atoms with Crippen LogP contribution >= 0.6 is 0 Å². The zero-order valence-corrected chi connectivity index (χ0v) is 15.4. The van der Waals surface area contributed by atoms with Gasteiger partial charge in [-0.15, -0.1) is 0 Å². The van der Waals surface area contributed by atoms with Crippen molar-refractivity contribution in [1.82, 2.24) is 15.3 Å². The standard InChI is InChI=1S/C21H21N5O2/c1-28-14-3-5-17-13(9-14)10-19(26-17)21(27)24-7-6-12-2-4-18-15(8-12)16(11-25-18)20(22)23/h2-5,8-11,25-26H,6-7H2,1H3,(H3,22,23)(H,24,27). The number of H-pyrrole nitrogens is 2. The van der Waals surface area contributed by atoms with Gasteiger partial charge in [0.15, 0.2) is 0 Å². The third kappa shape index (κ3) is 3.29. The van der Waals surface area contributed by atoms with Gasteiger partial charge in [-0.25, -0.2) is 0 Å². The molecule has 0 radical (unpaired) electrons. The molecular formula is C21H21N5O2. The number of hydrogen-bond donors (Lipinski definition) is 5. The summed E-state index contributed by atoms with van der Waals surface area (Å²) in [6.45, 7) is 0.503. The maximum Gasteiger partial charge on any atom is 0.267 e. The Morgan fingerprint density at radius 1 is 1.18 bits per heavy atom. The lowest BCUT2D eigenvalue weighted by molar-refractivity contribution is 0.0950. The van der Waals surface area contributed by atoms with Crippen LogP contribution in [-0.4, -0.2) is 35.4 Å². The van der Waals surface area contributed by atoms with Crippen molar-refractivity contribution in [1.29, 1.82) is 5.41 Å². The fourth-order valence-corrected chi connectivity index (χ4v) is 3.32. The monoisotopic (exact) mass is 375 g/mol. The Morgan fingerprint density at radius 3 is 2.79 bits per heavy atom. The number of methoxy groups -OCH3 is 1. The second-order valence-corrected chi connectivity index (χ2v) is 6.64. The summed E-state index contributed by atoms with van der Waals surface area (Å²) in [5.41, 5.74) is 9.72. The number of aromatic nitrogens is 2. The van der Waals surface area contributed by atoms with E-state index in [-0.39, 0.29) is 11.7 Å². The van der Waals surface area contributed by atoms with E-state index in [0.717, 1.165) is 33.1 Å². The first kappa shape index (κ1) is 17.7. The zero-order valence-electron chi connectivity index (χ0n) is 15.4. The molecule has 0 unspecified atom stereocenters. The molecule has 0 atom stereocenters. The fourth-order valence-electron chi connectivity index (χ4n) is 3.32. The van der Waals surface area contributed by atoms with Gasteiger partial charge in [-0.05, 0) is 48.4 Å². The number of hydrogen-bond acceptors (Lipinski definition) is 3. The van der Waals surface area contributed by atoms with Crippen LogP contribution in [0.1, 0.15) is 21.6 Å². The SMILES string of the molecule is COc1ccc2[nH]c(C(=O)NCCc3ccc4[nH]cc(C(=N)N)c4c3)cc2c1. The van der Waals surface area contributed by atoms with Crippen LogP contribution in [-0.2, 0) is 6.42 Å². The molecule has 0 bridgehead atoms. The van der Waals surface area contributed by atoms with Crippen LogP contribution < -0.4 is 15.8 Å². The topological polar surface area (TPSA) is 120 Å². The van der Waals surface area contributed by atoms with E-state index in [2.05, 4.69) is 15.3 Å². The van der Waals surface area contributed by atoms with Gasteiger partial charge in [-0.2, -0.15) is 0 Å². The number of amides is 1. The average Bonchev–Trinajstić information content (AvgIpc) is 3.31. The van der Waals surface area contributed by atoms with E-state index in [1.54, 1.807) is 13.3 Å². The lowest BCUT2D eigenvalue weighted by Crippen LogP contribution is -2.25.